The van der Waals surface area contributed by atoms with Gasteiger partial charge < -0.3 is 10.0 Å². The first kappa shape index (κ1) is 8.30. The van der Waals surface area contributed by atoms with Gasteiger partial charge in [0.2, 0.25) is 0 Å². The van der Waals surface area contributed by atoms with Gasteiger partial charge >= 0.3 is 0 Å². The van der Waals surface area contributed by atoms with E-state index in [1.165, 1.54) is 17.7 Å². The van der Waals surface area contributed by atoms with Crippen LogP contribution in [0, 0.1) is 5.92 Å². The summed E-state index contributed by atoms with van der Waals surface area (Å²) in [6.45, 7) is 1.38. The Labute approximate surface area is 84.2 Å². The number of nitrogens with zero attached hydrogens (tertiary/aromatic N) is 1. The van der Waals surface area contributed by atoms with Crippen molar-refractivity contribution in [3.63, 3.8) is 0 Å². The van der Waals surface area contributed by atoms with Gasteiger partial charge in [0.05, 0.1) is 0 Å². The van der Waals surface area contributed by atoms with E-state index in [4.69, 9.17) is 5.11 Å². The zero-order chi connectivity index (χ0) is 9.54. The molecule has 74 valence electrons. The number of fused-ring (bicyclic) bond motifs is 3. The molecule has 0 amide bonds. The molecule has 2 atom stereocenters. The standard InChI is InChI=1S/C12H15NO/c14-8-9-5-11-6-10-3-1-2-4-12(10)13(11)7-9/h1-4,9,11,14H,5-8H2/t9-,11-/m0/s1. The van der Waals surface area contributed by atoms with Crippen LogP contribution in [0.15, 0.2) is 24.3 Å². The van der Waals surface area contributed by atoms with Gasteiger partial charge in [-0.05, 0) is 24.5 Å². The first-order valence-electron chi connectivity index (χ1n) is 5.34. The minimum absolute atomic E-state index is 0.342. The lowest BCUT2D eigenvalue weighted by molar-refractivity contribution is 0.236. The van der Waals surface area contributed by atoms with Crippen LogP contribution in [0.25, 0.3) is 0 Å². The van der Waals surface area contributed by atoms with E-state index >= 15 is 0 Å². The smallest absolute Gasteiger partial charge is 0.0476 e. The molecule has 0 spiro atoms. The summed E-state index contributed by atoms with van der Waals surface area (Å²) in [4.78, 5) is 2.47. The maximum Gasteiger partial charge on any atom is 0.0476 e. The van der Waals surface area contributed by atoms with Crippen molar-refractivity contribution in [1.29, 1.82) is 0 Å². The molecule has 2 heteroatoms. The highest BCUT2D eigenvalue weighted by molar-refractivity contribution is 5.60. The molecule has 0 radical (unpaired) electrons. The van der Waals surface area contributed by atoms with E-state index in [9.17, 15) is 0 Å². The number of para-hydroxylation sites is 1. The first-order valence-corrected chi connectivity index (χ1v) is 5.34. The lowest BCUT2D eigenvalue weighted by Crippen LogP contribution is -2.24. The van der Waals surface area contributed by atoms with Crippen molar-refractivity contribution in [2.75, 3.05) is 18.1 Å². The van der Waals surface area contributed by atoms with Gasteiger partial charge in [0, 0.05) is 30.8 Å². The second-order valence-electron chi connectivity index (χ2n) is 4.42. The lowest BCUT2D eigenvalue weighted by Gasteiger charge is -2.18. The summed E-state index contributed by atoms with van der Waals surface area (Å²) < 4.78 is 0. The molecule has 3 rings (SSSR count). The van der Waals surface area contributed by atoms with Crippen LogP contribution < -0.4 is 4.90 Å². The summed E-state index contributed by atoms with van der Waals surface area (Å²) >= 11 is 0. The number of anilines is 1. The summed E-state index contributed by atoms with van der Waals surface area (Å²) in [5.74, 6) is 0.494. The fourth-order valence-electron chi connectivity index (χ4n) is 2.85. The van der Waals surface area contributed by atoms with Crippen molar-refractivity contribution in [2.45, 2.75) is 18.9 Å². The largest absolute Gasteiger partial charge is 0.396 e. The Kier molecular flexibility index (Phi) is 1.77. The first-order chi connectivity index (χ1) is 6.88. The zero-order valence-electron chi connectivity index (χ0n) is 8.19. The van der Waals surface area contributed by atoms with E-state index in [0.29, 0.717) is 18.6 Å². The van der Waals surface area contributed by atoms with E-state index in [1.54, 1.807) is 0 Å². The Bertz CT molecular complexity index is 350. The monoisotopic (exact) mass is 189 g/mol. The zero-order valence-corrected chi connectivity index (χ0v) is 8.19. The van der Waals surface area contributed by atoms with Crippen molar-refractivity contribution < 1.29 is 5.11 Å². The molecule has 0 saturated carbocycles. The number of hydrogen-bond acceptors (Lipinski definition) is 2. The molecule has 0 bridgehead atoms. The van der Waals surface area contributed by atoms with Crippen molar-refractivity contribution in [1.82, 2.24) is 0 Å². The van der Waals surface area contributed by atoms with E-state index in [1.807, 2.05) is 0 Å². The Morgan fingerprint density at radius 3 is 3.07 bits per heavy atom. The lowest BCUT2D eigenvalue weighted by atomic mass is 10.0. The van der Waals surface area contributed by atoms with Gasteiger partial charge in [0.15, 0.2) is 0 Å². The van der Waals surface area contributed by atoms with Crippen molar-refractivity contribution in [2.24, 2.45) is 5.92 Å². The molecule has 1 aromatic rings. The second kappa shape index (κ2) is 2.99. The molecular weight excluding hydrogens is 174 g/mol. The summed E-state index contributed by atoms with van der Waals surface area (Å²) in [7, 11) is 0. The Hall–Kier alpha value is -1.02. The molecule has 0 unspecified atom stereocenters. The van der Waals surface area contributed by atoms with E-state index in [2.05, 4.69) is 29.2 Å². The van der Waals surface area contributed by atoms with Gasteiger partial charge in [-0.2, -0.15) is 0 Å². The van der Waals surface area contributed by atoms with Gasteiger partial charge in [0.1, 0.15) is 0 Å². The molecule has 1 saturated heterocycles. The van der Waals surface area contributed by atoms with Gasteiger partial charge in [-0.15, -0.1) is 0 Å². The predicted octanol–water partition coefficient (Wildman–Crippen LogP) is 1.43. The average Bonchev–Trinajstić information content (AvgIpc) is 2.73. The van der Waals surface area contributed by atoms with Crippen molar-refractivity contribution in [3.05, 3.63) is 29.8 Å². The third-order valence-corrected chi connectivity index (χ3v) is 3.52. The summed E-state index contributed by atoms with van der Waals surface area (Å²) in [6.07, 6.45) is 2.33. The highest BCUT2D eigenvalue weighted by Gasteiger charge is 2.37. The van der Waals surface area contributed by atoms with E-state index < -0.39 is 0 Å². The molecule has 0 aliphatic carbocycles. The molecule has 2 aliphatic heterocycles. The summed E-state index contributed by atoms with van der Waals surface area (Å²) in [5, 5.41) is 9.14. The summed E-state index contributed by atoms with van der Waals surface area (Å²) in [6, 6.07) is 9.30. The van der Waals surface area contributed by atoms with Crippen LogP contribution in [-0.4, -0.2) is 24.3 Å². The Morgan fingerprint density at radius 1 is 1.36 bits per heavy atom. The van der Waals surface area contributed by atoms with Crippen LogP contribution in [0.4, 0.5) is 5.69 Å². The molecule has 14 heavy (non-hydrogen) atoms. The quantitative estimate of drug-likeness (QED) is 0.722. The normalized spacial score (nSPS) is 29.1. The maximum absolute atomic E-state index is 9.14. The van der Waals surface area contributed by atoms with Gasteiger partial charge in [-0.1, -0.05) is 18.2 Å². The van der Waals surface area contributed by atoms with Crippen molar-refractivity contribution in [3.8, 4) is 0 Å². The molecule has 2 nitrogen and oxygen atoms in total. The molecule has 2 heterocycles. The molecule has 1 N–H and O–H groups in total. The fraction of sp³-hybridized carbons (Fsp3) is 0.500. The topological polar surface area (TPSA) is 23.5 Å². The SMILES string of the molecule is OC[C@H]1C[C@H]2Cc3ccccc3N2C1. The van der Waals surface area contributed by atoms with E-state index in [0.717, 1.165) is 13.0 Å². The highest BCUT2D eigenvalue weighted by Crippen LogP contribution is 2.39. The van der Waals surface area contributed by atoms with Crippen LogP contribution in [0.5, 0.6) is 0 Å². The summed E-state index contributed by atoms with van der Waals surface area (Å²) in [5.41, 5.74) is 2.88. The molecule has 2 aliphatic rings. The Morgan fingerprint density at radius 2 is 2.21 bits per heavy atom. The van der Waals surface area contributed by atoms with Crippen LogP contribution in [-0.2, 0) is 6.42 Å². The Balaban J connectivity index is 1.92. The van der Waals surface area contributed by atoms with Gasteiger partial charge in [0.25, 0.3) is 0 Å². The molecular formula is C12H15NO. The number of rotatable bonds is 1. The number of benzene rings is 1. The fourth-order valence-corrected chi connectivity index (χ4v) is 2.85. The number of hydrogen-bond donors (Lipinski definition) is 1. The van der Waals surface area contributed by atoms with Gasteiger partial charge in [-0.25, -0.2) is 0 Å². The number of aliphatic hydroxyl groups is 1. The van der Waals surface area contributed by atoms with Crippen LogP contribution in [0.1, 0.15) is 12.0 Å². The van der Waals surface area contributed by atoms with Crippen LogP contribution in [0.2, 0.25) is 0 Å². The minimum atomic E-state index is 0.342. The van der Waals surface area contributed by atoms with Crippen molar-refractivity contribution >= 4 is 5.69 Å². The third kappa shape index (κ3) is 1.07. The third-order valence-electron chi connectivity index (χ3n) is 3.52. The van der Waals surface area contributed by atoms with E-state index in [-0.39, 0.29) is 0 Å². The second-order valence-corrected chi connectivity index (χ2v) is 4.42. The predicted molar refractivity (Wildman–Crippen MR) is 56.5 cm³/mol. The van der Waals surface area contributed by atoms with Gasteiger partial charge in [-0.3, -0.25) is 0 Å². The van der Waals surface area contributed by atoms with Crippen LogP contribution >= 0.6 is 0 Å². The molecule has 0 aromatic heterocycles. The minimum Gasteiger partial charge on any atom is -0.396 e. The number of aliphatic hydroxyl groups excluding tert-OH is 1. The maximum atomic E-state index is 9.14. The molecule has 1 fully saturated rings. The van der Waals surface area contributed by atoms with Crippen LogP contribution in [0.3, 0.4) is 0 Å². The average molecular weight is 189 g/mol. The highest BCUT2D eigenvalue weighted by atomic mass is 16.3. The molecule has 1 aromatic carbocycles.